The van der Waals surface area contributed by atoms with Gasteiger partial charge in [-0.3, -0.25) is 4.98 Å². The highest BCUT2D eigenvalue weighted by molar-refractivity contribution is 5.44. The predicted octanol–water partition coefficient (Wildman–Crippen LogP) is 2.92. The molecule has 3 rings (SSSR count). The van der Waals surface area contributed by atoms with E-state index >= 15 is 0 Å². The molecule has 0 radical (unpaired) electrons. The second-order valence-electron chi connectivity index (χ2n) is 5.08. The topological polar surface area (TPSA) is 57.4 Å². The average molecular weight is 270 g/mol. The van der Waals surface area contributed by atoms with E-state index in [9.17, 15) is 0 Å². The van der Waals surface area contributed by atoms with Crippen molar-refractivity contribution in [1.82, 2.24) is 4.98 Å². The van der Waals surface area contributed by atoms with Gasteiger partial charge in [-0.1, -0.05) is 0 Å². The minimum absolute atomic E-state index is 0.0420. The number of aromatic nitrogens is 1. The first-order valence-corrected chi connectivity index (χ1v) is 6.69. The van der Waals surface area contributed by atoms with Gasteiger partial charge in [-0.05, 0) is 36.8 Å². The van der Waals surface area contributed by atoms with Crippen molar-refractivity contribution in [1.29, 1.82) is 0 Å². The van der Waals surface area contributed by atoms with Crippen LogP contribution in [0.1, 0.15) is 35.3 Å². The lowest BCUT2D eigenvalue weighted by Gasteiger charge is -2.31. The number of rotatable bonds is 2. The van der Waals surface area contributed by atoms with Gasteiger partial charge in [0.2, 0.25) is 0 Å². The molecule has 1 aromatic carbocycles. The Hall–Kier alpha value is -2.07. The molecule has 104 valence electrons. The molecule has 0 bridgehead atoms. The van der Waals surface area contributed by atoms with Crippen molar-refractivity contribution in [2.24, 2.45) is 5.73 Å². The minimum Gasteiger partial charge on any atom is -0.497 e. The second kappa shape index (κ2) is 5.13. The molecule has 0 spiro atoms. The Balaban J connectivity index is 1.95. The highest BCUT2D eigenvalue weighted by Gasteiger charge is 2.28. The van der Waals surface area contributed by atoms with Gasteiger partial charge >= 0.3 is 0 Å². The molecule has 0 saturated heterocycles. The molecule has 2 unspecified atom stereocenters. The average Bonchev–Trinajstić information content (AvgIpc) is 2.47. The number of hydrogen-bond acceptors (Lipinski definition) is 4. The van der Waals surface area contributed by atoms with Gasteiger partial charge < -0.3 is 15.2 Å². The fourth-order valence-electron chi connectivity index (χ4n) is 2.61. The van der Waals surface area contributed by atoms with Gasteiger partial charge in [0.1, 0.15) is 17.6 Å². The van der Waals surface area contributed by atoms with Crippen LogP contribution in [0.15, 0.2) is 36.7 Å². The summed E-state index contributed by atoms with van der Waals surface area (Å²) in [6.45, 7) is 2.06. The van der Waals surface area contributed by atoms with Crippen molar-refractivity contribution >= 4 is 0 Å². The third kappa shape index (κ3) is 2.23. The molecule has 2 aromatic rings. The van der Waals surface area contributed by atoms with Crippen molar-refractivity contribution in [3.8, 4) is 11.5 Å². The molecule has 1 aliphatic rings. The monoisotopic (exact) mass is 270 g/mol. The lowest BCUT2D eigenvalue weighted by Crippen LogP contribution is -2.24. The van der Waals surface area contributed by atoms with Crippen LogP contribution < -0.4 is 15.2 Å². The van der Waals surface area contributed by atoms with E-state index in [2.05, 4.69) is 11.9 Å². The second-order valence-corrected chi connectivity index (χ2v) is 5.08. The van der Waals surface area contributed by atoms with Crippen LogP contribution in [0.5, 0.6) is 11.5 Å². The smallest absolute Gasteiger partial charge is 0.127 e. The number of nitrogens with zero attached hydrogens (tertiary/aromatic N) is 1. The fourth-order valence-corrected chi connectivity index (χ4v) is 2.61. The summed E-state index contributed by atoms with van der Waals surface area (Å²) < 4.78 is 11.3. The normalized spacial score (nSPS) is 20.9. The molecule has 1 aromatic heterocycles. The van der Waals surface area contributed by atoms with Crippen LogP contribution in [0.3, 0.4) is 0 Å². The Bertz CT molecular complexity index is 628. The zero-order valence-corrected chi connectivity index (χ0v) is 11.7. The van der Waals surface area contributed by atoms with Crippen molar-refractivity contribution < 1.29 is 9.47 Å². The van der Waals surface area contributed by atoms with E-state index in [0.717, 1.165) is 29.0 Å². The first-order valence-electron chi connectivity index (χ1n) is 6.69. The first-order chi connectivity index (χ1) is 9.69. The number of hydrogen-bond donors (Lipinski definition) is 1. The minimum atomic E-state index is -0.0570. The maximum atomic E-state index is 6.29. The number of nitrogens with two attached hydrogens (primary N) is 1. The van der Waals surface area contributed by atoms with Crippen molar-refractivity contribution in [3.05, 3.63) is 53.3 Å². The van der Waals surface area contributed by atoms with Crippen LogP contribution in [-0.2, 0) is 0 Å². The molecule has 20 heavy (non-hydrogen) atoms. The number of benzene rings is 1. The first kappa shape index (κ1) is 12.9. The molecule has 0 fully saturated rings. The SMILES string of the molecule is COc1ccc2c(c1)C(N)CC(c1cnccc1C)O2. The van der Waals surface area contributed by atoms with Crippen LogP contribution in [0.4, 0.5) is 0 Å². The summed E-state index contributed by atoms with van der Waals surface area (Å²) >= 11 is 0. The fraction of sp³-hybridized carbons (Fsp3) is 0.312. The Morgan fingerprint density at radius 3 is 2.90 bits per heavy atom. The predicted molar refractivity (Wildman–Crippen MR) is 76.9 cm³/mol. The summed E-state index contributed by atoms with van der Waals surface area (Å²) in [4.78, 5) is 4.19. The molecule has 0 aliphatic carbocycles. The van der Waals surface area contributed by atoms with Gasteiger partial charge in [0, 0.05) is 36.0 Å². The highest BCUT2D eigenvalue weighted by Crippen LogP contribution is 2.41. The number of ether oxygens (including phenoxy) is 2. The zero-order valence-electron chi connectivity index (χ0n) is 11.7. The van der Waals surface area contributed by atoms with Crippen molar-refractivity contribution in [2.45, 2.75) is 25.5 Å². The summed E-state index contributed by atoms with van der Waals surface area (Å²) in [7, 11) is 1.65. The molecule has 4 heteroatoms. The van der Waals surface area contributed by atoms with Crippen LogP contribution in [0.2, 0.25) is 0 Å². The number of fused-ring (bicyclic) bond motifs is 1. The molecule has 2 heterocycles. The molecule has 0 amide bonds. The molecule has 0 saturated carbocycles. The lowest BCUT2D eigenvalue weighted by molar-refractivity contribution is 0.160. The number of aryl methyl sites for hydroxylation is 1. The van der Waals surface area contributed by atoms with E-state index in [1.807, 2.05) is 30.5 Å². The number of methoxy groups -OCH3 is 1. The van der Waals surface area contributed by atoms with Gasteiger partial charge in [0.15, 0.2) is 0 Å². The largest absolute Gasteiger partial charge is 0.497 e. The zero-order chi connectivity index (χ0) is 14.1. The van der Waals surface area contributed by atoms with E-state index in [1.165, 1.54) is 5.56 Å². The molecular formula is C16H18N2O2. The maximum absolute atomic E-state index is 6.29. The van der Waals surface area contributed by atoms with Crippen molar-refractivity contribution in [3.63, 3.8) is 0 Å². The van der Waals surface area contributed by atoms with Crippen LogP contribution >= 0.6 is 0 Å². The molecule has 4 nitrogen and oxygen atoms in total. The molecular weight excluding hydrogens is 252 g/mol. The molecule has 2 N–H and O–H groups in total. The third-order valence-electron chi connectivity index (χ3n) is 3.78. The summed E-state index contributed by atoms with van der Waals surface area (Å²) in [5.41, 5.74) is 9.57. The summed E-state index contributed by atoms with van der Waals surface area (Å²) in [6.07, 6.45) is 4.36. The Morgan fingerprint density at radius 1 is 1.30 bits per heavy atom. The maximum Gasteiger partial charge on any atom is 0.127 e. The summed E-state index contributed by atoms with van der Waals surface area (Å²) in [6, 6.07) is 7.70. The van der Waals surface area contributed by atoms with Gasteiger partial charge in [-0.25, -0.2) is 0 Å². The van der Waals surface area contributed by atoms with Gasteiger partial charge in [0.05, 0.1) is 7.11 Å². The van der Waals surface area contributed by atoms with Crippen LogP contribution in [0.25, 0.3) is 0 Å². The van der Waals surface area contributed by atoms with Crippen LogP contribution in [-0.4, -0.2) is 12.1 Å². The van der Waals surface area contributed by atoms with E-state index in [1.54, 1.807) is 13.3 Å². The Morgan fingerprint density at radius 2 is 2.15 bits per heavy atom. The van der Waals surface area contributed by atoms with Crippen molar-refractivity contribution in [2.75, 3.05) is 7.11 Å². The van der Waals surface area contributed by atoms with Gasteiger partial charge in [-0.15, -0.1) is 0 Å². The van der Waals surface area contributed by atoms with Gasteiger partial charge in [0.25, 0.3) is 0 Å². The summed E-state index contributed by atoms with van der Waals surface area (Å²) in [5.74, 6) is 1.64. The summed E-state index contributed by atoms with van der Waals surface area (Å²) in [5, 5.41) is 0. The molecule has 1 aliphatic heterocycles. The van der Waals surface area contributed by atoms with E-state index in [0.29, 0.717) is 0 Å². The highest BCUT2D eigenvalue weighted by atomic mass is 16.5. The Kier molecular flexibility index (Phi) is 3.32. The quantitative estimate of drug-likeness (QED) is 0.911. The van der Waals surface area contributed by atoms with Gasteiger partial charge in [-0.2, -0.15) is 0 Å². The third-order valence-corrected chi connectivity index (χ3v) is 3.78. The Labute approximate surface area is 118 Å². The number of pyridine rings is 1. The van der Waals surface area contributed by atoms with E-state index < -0.39 is 0 Å². The van der Waals surface area contributed by atoms with Crippen LogP contribution in [0, 0.1) is 6.92 Å². The standard InChI is InChI=1S/C16H18N2O2/c1-10-5-6-18-9-13(10)16-8-14(17)12-7-11(19-2)3-4-15(12)20-16/h3-7,9,14,16H,8,17H2,1-2H3. The molecule has 2 atom stereocenters. The van der Waals surface area contributed by atoms with E-state index in [4.69, 9.17) is 15.2 Å². The van der Waals surface area contributed by atoms with E-state index in [-0.39, 0.29) is 12.1 Å². The lowest BCUT2D eigenvalue weighted by atomic mass is 9.92.